The molecule has 0 bridgehead atoms. The Labute approximate surface area is 187 Å². The Morgan fingerprint density at radius 2 is 1.78 bits per heavy atom. The Morgan fingerprint density at radius 3 is 2.41 bits per heavy atom. The molecule has 5 rings (SSSR count). The molecule has 2 aromatic carbocycles. The van der Waals surface area contributed by atoms with E-state index in [1.807, 2.05) is 25.2 Å². The maximum atomic E-state index is 9.21. The zero-order valence-corrected chi connectivity index (χ0v) is 18.3. The molecule has 0 amide bonds. The molecule has 0 radical (unpaired) electrons. The zero-order chi connectivity index (χ0) is 22.1. The lowest BCUT2D eigenvalue weighted by Crippen LogP contribution is -2.43. The number of furan rings is 1. The van der Waals surface area contributed by atoms with Crippen molar-refractivity contribution in [1.82, 2.24) is 9.97 Å². The van der Waals surface area contributed by atoms with Crippen LogP contribution >= 0.6 is 0 Å². The summed E-state index contributed by atoms with van der Waals surface area (Å²) < 4.78 is 6.38. The van der Waals surface area contributed by atoms with Crippen LogP contribution < -0.4 is 11.1 Å². The number of fused-ring (bicyclic) bond motifs is 1. The molecule has 1 aliphatic rings. The molecule has 2 heterocycles. The molecule has 1 aliphatic carbocycles. The molecule has 0 atom stereocenters. The van der Waals surface area contributed by atoms with Crippen LogP contribution in [0.2, 0.25) is 0 Å². The van der Waals surface area contributed by atoms with E-state index in [-0.39, 0.29) is 12.1 Å². The Bertz CT molecular complexity index is 1230. The van der Waals surface area contributed by atoms with Gasteiger partial charge in [-0.15, -0.1) is 0 Å². The number of hydrogen-bond donors (Lipinski definition) is 3. The fraction of sp³-hybridized carbons (Fsp3) is 0.308. The monoisotopic (exact) mass is 428 g/mol. The van der Waals surface area contributed by atoms with Crippen molar-refractivity contribution in [2.75, 3.05) is 19.0 Å². The van der Waals surface area contributed by atoms with Gasteiger partial charge in [0.25, 0.3) is 0 Å². The van der Waals surface area contributed by atoms with E-state index in [4.69, 9.17) is 15.1 Å². The molecule has 6 nitrogen and oxygen atoms in total. The average molecular weight is 429 g/mol. The molecule has 1 saturated carbocycles. The van der Waals surface area contributed by atoms with Crippen LogP contribution in [0.3, 0.4) is 0 Å². The van der Waals surface area contributed by atoms with Crippen LogP contribution in [0, 0.1) is 0 Å². The Hall–Kier alpha value is -3.22. The summed E-state index contributed by atoms with van der Waals surface area (Å²) in [6.45, 7) is 0.101. The third kappa shape index (κ3) is 3.55. The van der Waals surface area contributed by atoms with Gasteiger partial charge in [0.05, 0.1) is 5.39 Å². The molecular weight excluding hydrogens is 400 g/mol. The van der Waals surface area contributed by atoms with Gasteiger partial charge in [-0.25, -0.2) is 4.98 Å². The molecule has 6 heteroatoms. The number of benzene rings is 2. The van der Waals surface area contributed by atoms with Crippen molar-refractivity contribution in [2.45, 2.75) is 37.6 Å². The third-order valence-corrected chi connectivity index (χ3v) is 6.42. The highest BCUT2D eigenvalue weighted by Gasteiger charge is 2.34. The van der Waals surface area contributed by atoms with E-state index in [1.54, 1.807) is 0 Å². The van der Waals surface area contributed by atoms with Gasteiger partial charge in [0.15, 0.2) is 0 Å². The molecule has 164 valence electrons. The van der Waals surface area contributed by atoms with Gasteiger partial charge in [0.2, 0.25) is 5.71 Å². The van der Waals surface area contributed by atoms with Crippen molar-refractivity contribution in [3.63, 3.8) is 0 Å². The highest BCUT2D eigenvalue weighted by molar-refractivity contribution is 6.05. The molecule has 1 fully saturated rings. The highest BCUT2D eigenvalue weighted by Crippen LogP contribution is 2.44. The van der Waals surface area contributed by atoms with E-state index < -0.39 is 0 Å². The predicted octanol–water partition coefficient (Wildman–Crippen LogP) is 4.86. The van der Waals surface area contributed by atoms with Crippen LogP contribution in [0.15, 0.2) is 59.0 Å². The number of aliphatic hydroxyl groups is 1. The van der Waals surface area contributed by atoms with Gasteiger partial charge in [-0.3, -0.25) is 0 Å². The molecule has 0 aliphatic heterocycles. The number of aromatic nitrogens is 2. The van der Waals surface area contributed by atoms with Crippen LogP contribution in [0.5, 0.6) is 0 Å². The summed E-state index contributed by atoms with van der Waals surface area (Å²) in [6.07, 6.45) is 4.44. The van der Waals surface area contributed by atoms with Crippen molar-refractivity contribution in [3.05, 3.63) is 66.0 Å². The van der Waals surface area contributed by atoms with Crippen LogP contribution in [0.25, 0.3) is 33.6 Å². The molecule has 32 heavy (non-hydrogen) atoms. The highest BCUT2D eigenvalue weighted by atomic mass is 16.3. The van der Waals surface area contributed by atoms with Crippen LogP contribution in [0.1, 0.15) is 37.1 Å². The largest absolute Gasteiger partial charge is 0.437 e. The SMILES string of the molecule is CNc1nc(CCCO)nc2oc(-c3ccc(C4(N)CCC4)cc3)c(-c3ccccc3)c12. The minimum atomic E-state index is -0.193. The minimum Gasteiger partial charge on any atom is -0.437 e. The van der Waals surface area contributed by atoms with Gasteiger partial charge < -0.3 is 20.6 Å². The molecule has 0 saturated heterocycles. The fourth-order valence-electron chi connectivity index (χ4n) is 4.46. The quantitative estimate of drug-likeness (QED) is 0.389. The molecular formula is C26H28N4O2. The summed E-state index contributed by atoms with van der Waals surface area (Å²) in [5, 5.41) is 13.3. The average Bonchev–Trinajstić information content (AvgIpc) is 3.21. The van der Waals surface area contributed by atoms with Crippen molar-refractivity contribution >= 4 is 16.9 Å². The fourth-order valence-corrected chi connectivity index (χ4v) is 4.46. The van der Waals surface area contributed by atoms with E-state index >= 15 is 0 Å². The molecule has 4 aromatic rings. The van der Waals surface area contributed by atoms with E-state index in [0.29, 0.717) is 24.4 Å². The molecule has 4 N–H and O–H groups in total. The lowest BCUT2D eigenvalue weighted by molar-refractivity contribution is 0.253. The van der Waals surface area contributed by atoms with Gasteiger partial charge in [-0.2, -0.15) is 4.98 Å². The van der Waals surface area contributed by atoms with E-state index in [2.05, 4.69) is 46.7 Å². The van der Waals surface area contributed by atoms with Crippen molar-refractivity contribution < 1.29 is 9.52 Å². The second kappa shape index (κ2) is 8.37. The molecule has 0 spiro atoms. The van der Waals surface area contributed by atoms with E-state index in [1.165, 1.54) is 12.0 Å². The lowest BCUT2D eigenvalue weighted by Gasteiger charge is -2.38. The summed E-state index contributed by atoms with van der Waals surface area (Å²) in [5.74, 6) is 2.15. The van der Waals surface area contributed by atoms with Gasteiger partial charge in [-0.1, -0.05) is 54.6 Å². The van der Waals surface area contributed by atoms with Gasteiger partial charge in [0, 0.05) is 36.7 Å². The zero-order valence-electron chi connectivity index (χ0n) is 18.3. The second-order valence-corrected chi connectivity index (χ2v) is 8.51. The van der Waals surface area contributed by atoms with Gasteiger partial charge >= 0.3 is 0 Å². The summed E-state index contributed by atoms with van der Waals surface area (Å²) in [7, 11) is 1.85. The first-order valence-corrected chi connectivity index (χ1v) is 11.2. The van der Waals surface area contributed by atoms with Crippen LogP contribution in [-0.2, 0) is 12.0 Å². The van der Waals surface area contributed by atoms with Crippen molar-refractivity contribution in [2.24, 2.45) is 5.73 Å². The number of nitrogens with one attached hydrogen (secondary N) is 1. The summed E-state index contributed by atoms with van der Waals surface area (Å²) in [4.78, 5) is 9.39. The first-order chi connectivity index (χ1) is 15.6. The minimum absolute atomic E-state index is 0.101. The number of nitrogens with two attached hydrogens (primary N) is 1. The van der Waals surface area contributed by atoms with Crippen molar-refractivity contribution in [1.29, 1.82) is 0 Å². The van der Waals surface area contributed by atoms with E-state index in [0.717, 1.165) is 46.5 Å². The lowest BCUT2D eigenvalue weighted by atomic mass is 9.72. The number of rotatable bonds is 7. The first-order valence-electron chi connectivity index (χ1n) is 11.2. The smallest absolute Gasteiger partial charge is 0.232 e. The summed E-state index contributed by atoms with van der Waals surface area (Å²) in [5.41, 5.74) is 11.0. The molecule has 0 unspecified atom stereocenters. The Morgan fingerprint density at radius 1 is 1.03 bits per heavy atom. The Kier molecular flexibility index (Phi) is 5.41. The normalized spacial score (nSPS) is 15.0. The van der Waals surface area contributed by atoms with E-state index in [9.17, 15) is 5.11 Å². The van der Waals surface area contributed by atoms with Crippen LogP contribution in [0.4, 0.5) is 5.82 Å². The summed E-state index contributed by atoms with van der Waals surface area (Å²) in [6, 6.07) is 18.6. The van der Waals surface area contributed by atoms with Crippen LogP contribution in [-0.4, -0.2) is 28.7 Å². The summed E-state index contributed by atoms with van der Waals surface area (Å²) >= 11 is 0. The van der Waals surface area contributed by atoms with Gasteiger partial charge in [0.1, 0.15) is 17.4 Å². The first kappa shape index (κ1) is 20.7. The number of hydrogen-bond acceptors (Lipinski definition) is 6. The van der Waals surface area contributed by atoms with Gasteiger partial charge in [-0.05, 0) is 36.8 Å². The third-order valence-electron chi connectivity index (χ3n) is 6.42. The van der Waals surface area contributed by atoms with Crippen molar-refractivity contribution in [3.8, 4) is 22.5 Å². The maximum Gasteiger partial charge on any atom is 0.232 e. The number of nitrogens with zero attached hydrogens (tertiary/aromatic N) is 2. The predicted molar refractivity (Wildman–Crippen MR) is 127 cm³/mol. The number of aliphatic hydroxyl groups excluding tert-OH is 1. The standard InChI is InChI=1S/C26H28N4O2/c1-28-24-22-21(17-7-3-2-4-8-17)23(32-25(22)30-20(29-24)9-5-16-31)18-10-12-19(13-11-18)26(27)14-6-15-26/h2-4,7-8,10-13,31H,5-6,9,14-16,27H2,1H3,(H,28,29,30). The maximum absolute atomic E-state index is 9.21. The Balaban J connectivity index is 1.69. The number of anilines is 1. The number of aryl methyl sites for hydroxylation is 1. The molecule has 2 aromatic heterocycles. The second-order valence-electron chi connectivity index (χ2n) is 8.51. The topological polar surface area (TPSA) is 97.2 Å².